The number of nitrogens with zero attached hydrogens (tertiary/aromatic N) is 2. The number of hydrogen-bond donors (Lipinski definition) is 1. The van der Waals surface area contributed by atoms with Crippen molar-refractivity contribution in [1.29, 1.82) is 0 Å². The molecule has 1 N–H and O–H groups in total. The van der Waals surface area contributed by atoms with Crippen LogP contribution in [0, 0.1) is 13.8 Å². The van der Waals surface area contributed by atoms with E-state index in [4.69, 9.17) is 0 Å². The number of anilines is 1. The molecular formula is C22H30N3O3S+. The molecule has 1 fully saturated rings. The fourth-order valence-electron chi connectivity index (χ4n) is 3.54. The summed E-state index contributed by atoms with van der Waals surface area (Å²) in [5.41, 5.74) is 3.53. The van der Waals surface area contributed by atoms with Gasteiger partial charge in [0.1, 0.15) is 0 Å². The number of carbonyl (C=O) groups excluding carboxylic acids is 1. The first-order valence-corrected chi connectivity index (χ1v) is 11.6. The zero-order valence-corrected chi connectivity index (χ0v) is 18.3. The molecule has 0 spiro atoms. The van der Waals surface area contributed by atoms with Crippen LogP contribution in [0.25, 0.3) is 0 Å². The lowest BCUT2D eigenvalue weighted by Crippen LogP contribution is -2.43. The normalized spacial score (nSPS) is 15.3. The Balaban J connectivity index is 1.79. The van der Waals surface area contributed by atoms with Gasteiger partial charge in [0.2, 0.25) is 16.6 Å². The van der Waals surface area contributed by atoms with Crippen molar-refractivity contribution in [2.24, 2.45) is 0 Å². The molecule has 7 heteroatoms. The van der Waals surface area contributed by atoms with Crippen LogP contribution in [0.5, 0.6) is 0 Å². The van der Waals surface area contributed by atoms with E-state index in [2.05, 4.69) is 18.3 Å². The maximum absolute atomic E-state index is 13.0. The SMILES string of the molecule is CCc1ccc(C)[n+](CC(=O)Nc2cc(S(=O)(=O)N3CCCCC3)ccc2C)c1. The first-order valence-electron chi connectivity index (χ1n) is 10.2. The number of amides is 1. The van der Waals surface area contributed by atoms with E-state index in [1.165, 1.54) is 0 Å². The topological polar surface area (TPSA) is 70.4 Å². The molecule has 156 valence electrons. The highest BCUT2D eigenvalue weighted by atomic mass is 32.2. The van der Waals surface area contributed by atoms with Crippen molar-refractivity contribution in [2.75, 3.05) is 18.4 Å². The van der Waals surface area contributed by atoms with Crippen LogP contribution in [0.2, 0.25) is 0 Å². The third-order valence-electron chi connectivity index (χ3n) is 5.47. The summed E-state index contributed by atoms with van der Waals surface area (Å²) in [6.07, 6.45) is 5.73. The van der Waals surface area contributed by atoms with Gasteiger partial charge in [0, 0.05) is 37.3 Å². The quantitative estimate of drug-likeness (QED) is 0.736. The molecule has 0 aliphatic carbocycles. The predicted octanol–water partition coefficient (Wildman–Crippen LogP) is 2.97. The highest BCUT2D eigenvalue weighted by molar-refractivity contribution is 7.89. The van der Waals surface area contributed by atoms with E-state index in [0.29, 0.717) is 18.8 Å². The summed E-state index contributed by atoms with van der Waals surface area (Å²) in [6, 6.07) is 9.02. The Hall–Kier alpha value is -2.25. The average molecular weight is 417 g/mol. The van der Waals surface area contributed by atoms with Gasteiger partial charge in [0.05, 0.1) is 4.90 Å². The number of pyridine rings is 1. The van der Waals surface area contributed by atoms with Gasteiger partial charge in [-0.05, 0) is 49.9 Å². The van der Waals surface area contributed by atoms with Crippen molar-refractivity contribution in [2.45, 2.75) is 57.9 Å². The first-order chi connectivity index (χ1) is 13.8. The van der Waals surface area contributed by atoms with Crippen molar-refractivity contribution in [1.82, 2.24) is 4.31 Å². The molecular weight excluding hydrogens is 386 g/mol. The van der Waals surface area contributed by atoms with E-state index in [-0.39, 0.29) is 17.3 Å². The van der Waals surface area contributed by atoms with Crippen LogP contribution in [0.3, 0.4) is 0 Å². The Bertz CT molecular complexity index is 996. The maximum Gasteiger partial charge on any atom is 0.290 e. The lowest BCUT2D eigenvalue weighted by Gasteiger charge is -2.26. The molecule has 29 heavy (non-hydrogen) atoms. The van der Waals surface area contributed by atoms with E-state index in [1.807, 2.05) is 30.7 Å². The number of piperidine rings is 1. The van der Waals surface area contributed by atoms with E-state index in [0.717, 1.165) is 42.5 Å². The van der Waals surface area contributed by atoms with Gasteiger partial charge < -0.3 is 5.32 Å². The van der Waals surface area contributed by atoms with Crippen molar-refractivity contribution >= 4 is 21.6 Å². The van der Waals surface area contributed by atoms with Crippen LogP contribution in [-0.4, -0.2) is 31.7 Å². The zero-order valence-electron chi connectivity index (χ0n) is 17.4. The Morgan fingerprint density at radius 1 is 1.10 bits per heavy atom. The molecule has 6 nitrogen and oxygen atoms in total. The lowest BCUT2D eigenvalue weighted by molar-refractivity contribution is -0.690. The first kappa shape index (κ1) is 21.5. The predicted molar refractivity (Wildman–Crippen MR) is 113 cm³/mol. The molecule has 0 unspecified atom stereocenters. The number of hydrogen-bond acceptors (Lipinski definition) is 3. The van der Waals surface area contributed by atoms with Gasteiger partial charge in [-0.25, -0.2) is 8.42 Å². The van der Waals surface area contributed by atoms with Crippen LogP contribution in [0.4, 0.5) is 5.69 Å². The summed E-state index contributed by atoms with van der Waals surface area (Å²) in [7, 11) is -3.53. The molecule has 1 aliphatic rings. The number of benzene rings is 1. The fourth-order valence-corrected chi connectivity index (χ4v) is 5.09. The second kappa shape index (κ2) is 9.05. The number of nitrogens with one attached hydrogen (secondary N) is 1. The summed E-state index contributed by atoms with van der Waals surface area (Å²) < 4.78 is 29.4. The standard InChI is InChI=1S/C22H29N3O3S/c1-4-19-10-9-18(3)24(15-19)16-22(26)23-21-14-20(11-8-17(21)2)29(27,28)25-12-6-5-7-13-25/h8-11,14-15H,4-7,12-13,16H2,1-3H3/p+1. The largest absolute Gasteiger partial charge is 0.320 e. The van der Waals surface area contributed by atoms with E-state index < -0.39 is 10.0 Å². The number of carbonyl (C=O) groups is 1. The van der Waals surface area contributed by atoms with Crippen LogP contribution in [0.1, 0.15) is 43.0 Å². The summed E-state index contributed by atoms with van der Waals surface area (Å²) in [5, 5.41) is 2.90. The molecule has 3 rings (SSSR count). The van der Waals surface area contributed by atoms with Gasteiger partial charge in [-0.15, -0.1) is 0 Å². The van der Waals surface area contributed by atoms with E-state index >= 15 is 0 Å². The Morgan fingerprint density at radius 3 is 2.52 bits per heavy atom. The van der Waals surface area contributed by atoms with Gasteiger partial charge >= 0.3 is 0 Å². The molecule has 1 aromatic carbocycles. The third kappa shape index (κ3) is 5.03. The summed E-state index contributed by atoms with van der Waals surface area (Å²) in [4.78, 5) is 12.9. The Morgan fingerprint density at radius 2 is 1.83 bits per heavy atom. The minimum atomic E-state index is -3.53. The van der Waals surface area contributed by atoms with Crippen LogP contribution < -0.4 is 9.88 Å². The molecule has 0 saturated carbocycles. The monoisotopic (exact) mass is 416 g/mol. The summed E-state index contributed by atoms with van der Waals surface area (Å²) >= 11 is 0. The highest BCUT2D eigenvalue weighted by Gasteiger charge is 2.26. The molecule has 0 atom stereocenters. The van der Waals surface area contributed by atoms with Gasteiger partial charge in [-0.2, -0.15) is 8.87 Å². The van der Waals surface area contributed by atoms with Crippen LogP contribution in [-0.2, 0) is 27.8 Å². The van der Waals surface area contributed by atoms with Crippen LogP contribution >= 0.6 is 0 Å². The third-order valence-corrected chi connectivity index (χ3v) is 7.37. The molecule has 1 saturated heterocycles. The number of rotatable bonds is 6. The van der Waals surface area contributed by atoms with Crippen molar-refractivity contribution in [3.63, 3.8) is 0 Å². The minimum absolute atomic E-state index is 0.179. The van der Waals surface area contributed by atoms with Gasteiger partial charge in [0.25, 0.3) is 5.91 Å². The van der Waals surface area contributed by atoms with Gasteiger partial charge in [0.15, 0.2) is 11.9 Å². The highest BCUT2D eigenvalue weighted by Crippen LogP contribution is 2.25. The molecule has 0 radical (unpaired) electrons. The second-order valence-corrected chi connectivity index (χ2v) is 9.59. The number of sulfonamides is 1. The lowest BCUT2D eigenvalue weighted by atomic mass is 10.2. The molecule has 1 aromatic heterocycles. The van der Waals surface area contributed by atoms with Crippen molar-refractivity contribution in [3.8, 4) is 0 Å². The van der Waals surface area contributed by atoms with E-state index in [9.17, 15) is 13.2 Å². The molecule has 1 aliphatic heterocycles. The zero-order chi connectivity index (χ0) is 21.0. The Labute approximate surface area is 173 Å². The number of aromatic nitrogens is 1. The number of aryl methyl sites for hydroxylation is 3. The average Bonchev–Trinajstić information content (AvgIpc) is 2.71. The van der Waals surface area contributed by atoms with Crippen LogP contribution in [0.15, 0.2) is 41.4 Å². The Kier molecular flexibility index (Phi) is 6.70. The molecule has 1 amide bonds. The summed E-state index contributed by atoms with van der Waals surface area (Å²) in [5.74, 6) is -0.179. The van der Waals surface area contributed by atoms with Crippen molar-refractivity contribution in [3.05, 3.63) is 53.3 Å². The minimum Gasteiger partial charge on any atom is -0.320 e. The van der Waals surface area contributed by atoms with E-state index in [1.54, 1.807) is 22.5 Å². The maximum atomic E-state index is 13.0. The molecule has 2 heterocycles. The van der Waals surface area contributed by atoms with Gasteiger partial charge in [-0.3, -0.25) is 4.79 Å². The fraction of sp³-hybridized carbons (Fsp3) is 0.455. The summed E-state index contributed by atoms with van der Waals surface area (Å²) in [6.45, 7) is 7.20. The van der Waals surface area contributed by atoms with Gasteiger partial charge in [-0.1, -0.05) is 19.4 Å². The molecule has 0 bridgehead atoms. The smallest absolute Gasteiger partial charge is 0.290 e. The van der Waals surface area contributed by atoms with Crippen molar-refractivity contribution < 1.29 is 17.8 Å². The second-order valence-electron chi connectivity index (χ2n) is 7.65. The molecule has 2 aromatic rings.